The molecule has 8 nitrogen and oxygen atoms in total. The number of piperidine rings is 1. The van der Waals surface area contributed by atoms with Crippen LogP contribution in [-0.2, 0) is 16.6 Å². The van der Waals surface area contributed by atoms with Crippen molar-refractivity contribution in [2.24, 2.45) is 4.99 Å². The molecule has 1 fully saturated rings. The molecule has 1 aromatic rings. The van der Waals surface area contributed by atoms with E-state index in [0.29, 0.717) is 19.6 Å². The Balaban J connectivity index is 0.00000392. The van der Waals surface area contributed by atoms with Crippen LogP contribution in [0.1, 0.15) is 32.4 Å². The van der Waals surface area contributed by atoms with Gasteiger partial charge in [-0.15, -0.1) is 24.0 Å². The number of aliphatic imine (C=N–C) groups is 1. The Morgan fingerprint density at radius 2 is 1.96 bits per heavy atom. The van der Waals surface area contributed by atoms with E-state index in [1.54, 1.807) is 11.2 Å². The molecule has 0 aromatic carbocycles. The zero-order valence-corrected chi connectivity index (χ0v) is 20.3. The second-order valence-corrected chi connectivity index (χ2v) is 9.05. The lowest BCUT2D eigenvalue weighted by Crippen LogP contribution is -2.50. The smallest absolute Gasteiger partial charge is 0.213 e. The number of pyridine rings is 1. The van der Waals surface area contributed by atoms with Crippen LogP contribution < -0.4 is 15.5 Å². The molecule has 0 radical (unpaired) electrons. The highest BCUT2D eigenvalue weighted by Gasteiger charge is 2.26. The Labute approximate surface area is 186 Å². The Morgan fingerprint density at radius 1 is 1.29 bits per heavy atom. The van der Waals surface area contributed by atoms with E-state index in [9.17, 15) is 8.42 Å². The maximum absolute atomic E-state index is 12.0. The molecule has 0 spiro atoms. The number of hydrogen-bond donors (Lipinski definition) is 2. The fraction of sp³-hybridized carbons (Fsp3) is 0.667. The lowest BCUT2D eigenvalue weighted by Gasteiger charge is -2.32. The van der Waals surface area contributed by atoms with Crippen molar-refractivity contribution in [1.29, 1.82) is 0 Å². The van der Waals surface area contributed by atoms with Crippen molar-refractivity contribution in [2.45, 2.75) is 39.3 Å². The summed E-state index contributed by atoms with van der Waals surface area (Å²) in [6.45, 7) is 6.08. The van der Waals surface area contributed by atoms with Crippen LogP contribution in [0.25, 0.3) is 0 Å². The fourth-order valence-corrected chi connectivity index (χ4v) is 4.07. The van der Waals surface area contributed by atoms with Gasteiger partial charge in [-0.05, 0) is 38.8 Å². The molecule has 0 aliphatic carbocycles. The molecule has 1 saturated heterocycles. The summed E-state index contributed by atoms with van der Waals surface area (Å²) in [6, 6.07) is 6.13. The maximum Gasteiger partial charge on any atom is 0.213 e. The quantitative estimate of drug-likeness (QED) is 0.320. The van der Waals surface area contributed by atoms with E-state index in [0.717, 1.165) is 36.9 Å². The van der Waals surface area contributed by atoms with Crippen molar-refractivity contribution >= 4 is 45.8 Å². The van der Waals surface area contributed by atoms with Crippen molar-refractivity contribution in [3.05, 3.63) is 23.9 Å². The summed E-state index contributed by atoms with van der Waals surface area (Å²) >= 11 is 0. The Kier molecular flexibility index (Phi) is 10.5. The van der Waals surface area contributed by atoms with Gasteiger partial charge in [0.15, 0.2) is 5.96 Å². The van der Waals surface area contributed by atoms with Crippen molar-refractivity contribution in [1.82, 2.24) is 19.9 Å². The second-order valence-electron chi connectivity index (χ2n) is 6.79. The first-order chi connectivity index (χ1) is 12.9. The Morgan fingerprint density at radius 3 is 2.54 bits per heavy atom. The molecule has 160 valence electrons. The van der Waals surface area contributed by atoms with E-state index in [4.69, 9.17) is 0 Å². The summed E-state index contributed by atoms with van der Waals surface area (Å²) in [5.41, 5.74) is 0.905. The van der Waals surface area contributed by atoms with E-state index in [1.165, 1.54) is 0 Å². The molecule has 0 bridgehead atoms. The van der Waals surface area contributed by atoms with Crippen LogP contribution in [0, 0.1) is 0 Å². The normalized spacial score (nSPS) is 16.4. The summed E-state index contributed by atoms with van der Waals surface area (Å²) in [7, 11) is 0.835. The molecular weight excluding hydrogens is 491 g/mol. The number of halogens is 1. The first kappa shape index (κ1) is 24.9. The largest absolute Gasteiger partial charge is 0.363 e. The number of nitrogens with one attached hydrogen (secondary N) is 2. The van der Waals surface area contributed by atoms with Gasteiger partial charge in [0.1, 0.15) is 5.82 Å². The zero-order valence-electron chi connectivity index (χ0n) is 17.2. The average Bonchev–Trinajstić information content (AvgIpc) is 2.67. The van der Waals surface area contributed by atoms with Crippen molar-refractivity contribution in [3.8, 4) is 0 Å². The third-order valence-electron chi connectivity index (χ3n) is 4.55. The number of aromatic nitrogens is 1. The van der Waals surface area contributed by atoms with Crippen LogP contribution in [0.4, 0.5) is 5.82 Å². The first-order valence-electron chi connectivity index (χ1n) is 9.51. The number of guanidine groups is 1. The van der Waals surface area contributed by atoms with Gasteiger partial charge < -0.3 is 15.5 Å². The van der Waals surface area contributed by atoms with Crippen LogP contribution in [0.5, 0.6) is 0 Å². The minimum atomic E-state index is -3.09. The molecule has 0 amide bonds. The van der Waals surface area contributed by atoms with Gasteiger partial charge in [-0.2, -0.15) is 0 Å². The molecule has 1 aliphatic rings. The van der Waals surface area contributed by atoms with Crippen molar-refractivity contribution < 1.29 is 8.42 Å². The minimum absolute atomic E-state index is 0. The predicted octanol–water partition coefficient (Wildman–Crippen LogP) is 1.63. The molecule has 2 rings (SSSR count). The lowest BCUT2D eigenvalue weighted by atomic mass is 10.1. The molecule has 28 heavy (non-hydrogen) atoms. The van der Waals surface area contributed by atoms with Gasteiger partial charge >= 0.3 is 0 Å². The van der Waals surface area contributed by atoms with Crippen molar-refractivity contribution in [2.75, 3.05) is 44.4 Å². The molecular formula is C18H33IN6O2S. The van der Waals surface area contributed by atoms with Gasteiger partial charge in [0.25, 0.3) is 0 Å². The summed E-state index contributed by atoms with van der Waals surface area (Å²) in [6.07, 6.45) is 1.55. The van der Waals surface area contributed by atoms with Crippen molar-refractivity contribution in [3.63, 3.8) is 0 Å². The SMILES string of the molecule is CCNC(=NCc1cccc(N(C)C)n1)NC1CCN(S(=O)(=O)CC)CC1.I. The number of sulfonamides is 1. The monoisotopic (exact) mass is 524 g/mol. The molecule has 1 aliphatic heterocycles. The predicted molar refractivity (Wildman–Crippen MR) is 126 cm³/mol. The summed E-state index contributed by atoms with van der Waals surface area (Å²) < 4.78 is 25.5. The van der Waals surface area contributed by atoms with E-state index in [-0.39, 0.29) is 35.8 Å². The second kappa shape index (κ2) is 11.8. The van der Waals surface area contributed by atoms with Crippen LogP contribution in [0.15, 0.2) is 23.2 Å². The number of nitrogens with zero attached hydrogens (tertiary/aromatic N) is 4. The number of hydrogen-bond acceptors (Lipinski definition) is 5. The Bertz CT molecular complexity index is 733. The highest BCUT2D eigenvalue weighted by molar-refractivity contribution is 14.0. The standard InChI is InChI=1S/C18H32N6O2S.HI/c1-5-19-18(20-14-16-8-7-9-17(21-16)23(3)4)22-15-10-12-24(13-11-15)27(25,26)6-2;/h7-9,15H,5-6,10-14H2,1-4H3,(H2,19,20,22);1H. The molecule has 0 atom stereocenters. The summed E-state index contributed by atoms with van der Waals surface area (Å²) in [5.74, 6) is 1.81. The highest BCUT2D eigenvalue weighted by atomic mass is 127. The van der Waals surface area contributed by atoms with Gasteiger partial charge in [0, 0.05) is 39.8 Å². The number of anilines is 1. The molecule has 0 unspecified atom stereocenters. The molecule has 1 aromatic heterocycles. The molecule has 2 N–H and O–H groups in total. The third-order valence-corrected chi connectivity index (χ3v) is 6.43. The van der Waals surface area contributed by atoms with E-state index >= 15 is 0 Å². The Hall–Kier alpha value is -1.14. The maximum atomic E-state index is 12.0. The molecule has 2 heterocycles. The molecule has 0 saturated carbocycles. The zero-order chi connectivity index (χ0) is 19.9. The summed E-state index contributed by atoms with van der Waals surface area (Å²) in [5, 5.41) is 6.69. The van der Waals surface area contributed by atoms with Gasteiger partial charge in [0.05, 0.1) is 18.0 Å². The van der Waals surface area contributed by atoms with Crippen LogP contribution in [-0.4, -0.2) is 69.2 Å². The summed E-state index contributed by atoms with van der Waals surface area (Å²) in [4.78, 5) is 11.2. The van der Waals surface area contributed by atoms with E-state index < -0.39 is 10.0 Å². The van der Waals surface area contributed by atoms with E-state index in [1.807, 2.05) is 44.1 Å². The molecule has 10 heteroatoms. The average molecular weight is 524 g/mol. The fourth-order valence-electron chi connectivity index (χ4n) is 2.94. The van der Waals surface area contributed by atoms with Gasteiger partial charge in [-0.25, -0.2) is 22.7 Å². The van der Waals surface area contributed by atoms with Crippen LogP contribution >= 0.6 is 24.0 Å². The topological polar surface area (TPSA) is 89.9 Å². The van der Waals surface area contributed by atoms with E-state index in [2.05, 4.69) is 20.6 Å². The minimum Gasteiger partial charge on any atom is -0.363 e. The highest BCUT2D eigenvalue weighted by Crippen LogP contribution is 2.14. The van der Waals surface area contributed by atoms with Crippen LogP contribution in [0.2, 0.25) is 0 Å². The first-order valence-corrected chi connectivity index (χ1v) is 11.1. The van der Waals surface area contributed by atoms with Gasteiger partial charge in [-0.1, -0.05) is 6.07 Å². The number of rotatable bonds is 7. The lowest BCUT2D eigenvalue weighted by molar-refractivity contribution is 0.306. The third kappa shape index (κ3) is 7.36. The van der Waals surface area contributed by atoms with Gasteiger partial charge in [0.2, 0.25) is 10.0 Å². The van der Waals surface area contributed by atoms with Crippen LogP contribution in [0.3, 0.4) is 0 Å². The van der Waals surface area contributed by atoms with Gasteiger partial charge in [-0.3, -0.25) is 0 Å².